The normalized spacial score (nSPS) is 33.6. The number of nitrogens with one attached hydrogen (secondary N) is 2. The summed E-state index contributed by atoms with van der Waals surface area (Å²) in [6.07, 6.45) is -4.75. The number of fused-ring (bicyclic) bond motifs is 4. The largest absolute Gasteiger partial charge is 0.449 e. The molecule has 13 nitrogen and oxygen atoms in total. The molecule has 5 unspecified atom stereocenters. The summed E-state index contributed by atoms with van der Waals surface area (Å²) in [5, 5.41) is 38.0. The standard InChI is InChI=1S/C36H46N2O11/c1-5-10-21(15-27-29-28(48-35(43)37-29)17-36(44-4,49-27)16-19(2)39)47-33-32(41)30(31(40)20(3)46-33)38-34(42)45-18-26-24-13-8-6-11-22(24)23-12-7-9-14-25(23)26/h5-14,19-21,26-33,39-41H,15-18H2,1-4H3,(H,37,43)(H,38,42)/b10-5+/t19-,20?,21-,27-,28-,29-,30?,31?,32?,33?,36+/m0/s1. The molecule has 266 valence electrons. The van der Waals surface area contributed by atoms with Crippen molar-refractivity contribution in [1.29, 1.82) is 0 Å². The van der Waals surface area contributed by atoms with E-state index in [2.05, 4.69) is 10.6 Å². The van der Waals surface area contributed by atoms with Gasteiger partial charge < -0.3 is 54.4 Å². The number of benzene rings is 2. The third kappa shape index (κ3) is 7.34. The zero-order valence-corrected chi connectivity index (χ0v) is 28.1. The van der Waals surface area contributed by atoms with Crippen molar-refractivity contribution in [2.24, 2.45) is 0 Å². The number of allylic oxidation sites excluding steroid dienone is 1. The molecule has 11 atom stereocenters. The summed E-state index contributed by atoms with van der Waals surface area (Å²) in [5.41, 5.74) is 4.31. The molecule has 6 rings (SSSR count). The number of rotatable bonds is 11. The molecule has 0 bridgehead atoms. The molecule has 3 fully saturated rings. The van der Waals surface area contributed by atoms with Crippen molar-refractivity contribution in [3.8, 4) is 11.1 Å². The Bertz CT molecular complexity index is 1470. The quantitative estimate of drug-likeness (QED) is 0.221. The highest BCUT2D eigenvalue weighted by molar-refractivity contribution is 5.79. The summed E-state index contributed by atoms with van der Waals surface area (Å²) in [6.45, 7) is 5.11. The van der Waals surface area contributed by atoms with Crippen LogP contribution in [0.15, 0.2) is 60.7 Å². The smallest absolute Gasteiger partial charge is 0.407 e. The monoisotopic (exact) mass is 682 g/mol. The van der Waals surface area contributed by atoms with E-state index in [1.807, 2.05) is 48.5 Å². The van der Waals surface area contributed by atoms with Gasteiger partial charge in [-0.3, -0.25) is 0 Å². The predicted octanol–water partition coefficient (Wildman–Crippen LogP) is 3.09. The number of amides is 2. The zero-order valence-electron chi connectivity index (χ0n) is 28.1. The lowest BCUT2D eigenvalue weighted by Gasteiger charge is -2.46. The molecule has 4 aliphatic rings. The molecule has 3 heterocycles. The maximum atomic E-state index is 13.1. The summed E-state index contributed by atoms with van der Waals surface area (Å²) in [7, 11) is 1.48. The van der Waals surface area contributed by atoms with Crippen LogP contribution in [-0.4, -0.2) is 108 Å². The Morgan fingerprint density at radius 1 is 1.12 bits per heavy atom. The van der Waals surface area contributed by atoms with Gasteiger partial charge in [-0.1, -0.05) is 60.7 Å². The van der Waals surface area contributed by atoms with Gasteiger partial charge in [0.25, 0.3) is 0 Å². The van der Waals surface area contributed by atoms with E-state index in [0.29, 0.717) is 0 Å². The van der Waals surface area contributed by atoms with Crippen LogP contribution < -0.4 is 10.6 Å². The van der Waals surface area contributed by atoms with E-state index in [1.165, 1.54) is 7.11 Å². The van der Waals surface area contributed by atoms with Crippen molar-refractivity contribution in [2.75, 3.05) is 13.7 Å². The third-order valence-electron chi connectivity index (χ3n) is 9.85. The first-order chi connectivity index (χ1) is 23.5. The number of aliphatic hydroxyl groups excluding tert-OH is 3. The summed E-state index contributed by atoms with van der Waals surface area (Å²) in [5.74, 6) is -1.36. The Balaban J connectivity index is 1.12. The zero-order chi connectivity index (χ0) is 34.9. The number of hydrogen-bond acceptors (Lipinski definition) is 11. The van der Waals surface area contributed by atoms with Gasteiger partial charge in [0.05, 0.1) is 36.5 Å². The van der Waals surface area contributed by atoms with Crippen LogP contribution in [0.25, 0.3) is 11.1 Å². The highest BCUT2D eigenvalue weighted by atomic mass is 16.7. The van der Waals surface area contributed by atoms with E-state index in [-0.39, 0.29) is 31.8 Å². The Morgan fingerprint density at radius 2 is 1.80 bits per heavy atom. The van der Waals surface area contributed by atoms with E-state index >= 15 is 0 Å². The molecule has 3 saturated heterocycles. The fourth-order valence-electron chi connectivity index (χ4n) is 7.56. The molecule has 2 aromatic rings. The maximum absolute atomic E-state index is 13.1. The molecule has 2 aromatic carbocycles. The Morgan fingerprint density at radius 3 is 2.43 bits per heavy atom. The number of methoxy groups -OCH3 is 1. The second-order valence-electron chi connectivity index (χ2n) is 13.3. The second kappa shape index (κ2) is 14.7. The van der Waals surface area contributed by atoms with Gasteiger partial charge in [0, 0.05) is 32.3 Å². The minimum Gasteiger partial charge on any atom is -0.449 e. The van der Waals surface area contributed by atoms with Crippen LogP contribution in [0.5, 0.6) is 0 Å². The van der Waals surface area contributed by atoms with E-state index in [4.69, 9.17) is 28.4 Å². The Hall–Kier alpha value is -3.56. The molecule has 0 spiro atoms. The molecule has 1 aliphatic carbocycles. The van der Waals surface area contributed by atoms with Gasteiger partial charge in [0.2, 0.25) is 0 Å². The number of aliphatic hydroxyl groups is 3. The summed E-state index contributed by atoms with van der Waals surface area (Å²) < 4.78 is 35.5. The molecule has 5 N–H and O–H groups in total. The lowest BCUT2D eigenvalue weighted by molar-refractivity contribution is -0.306. The first kappa shape index (κ1) is 35.3. The molecule has 2 amide bonds. The van der Waals surface area contributed by atoms with Crippen LogP contribution in [0.3, 0.4) is 0 Å². The first-order valence-corrected chi connectivity index (χ1v) is 16.8. The van der Waals surface area contributed by atoms with Gasteiger partial charge in [-0.15, -0.1) is 0 Å². The summed E-state index contributed by atoms with van der Waals surface area (Å²) >= 11 is 0. The van der Waals surface area contributed by atoms with E-state index in [1.54, 1.807) is 32.9 Å². The minimum absolute atomic E-state index is 0.0654. The fraction of sp³-hybridized carbons (Fsp3) is 0.556. The number of ether oxygens (including phenoxy) is 6. The van der Waals surface area contributed by atoms with E-state index in [0.717, 1.165) is 22.3 Å². The molecular weight excluding hydrogens is 636 g/mol. The van der Waals surface area contributed by atoms with Crippen LogP contribution in [0.1, 0.15) is 57.1 Å². The van der Waals surface area contributed by atoms with Gasteiger partial charge in [-0.2, -0.15) is 0 Å². The highest BCUT2D eigenvalue weighted by Crippen LogP contribution is 2.44. The van der Waals surface area contributed by atoms with Crippen LogP contribution in [0.2, 0.25) is 0 Å². The molecule has 0 aromatic heterocycles. The lowest BCUT2D eigenvalue weighted by atomic mass is 9.88. The average Bonchev–Trinajstić information content (AvgIpc) is 3.61. The Labute approximate surface area is 285 Å². The maximum Gasteiger partial charge on any atom is 0.407 e. The van der Waals surface area contributed by atoms with Crippen LogP contribution in [-0.2, 0) is 28.4 Å². The van der Waals surface area contributed by atoms with Crippen molar-refractivity contribution in [3.63, 3.8) is 0 Å². The molecule has 49 heavy (non-hydrogen) atoms. The van der Waals surface area contributed by atoms with Gasteiger partial charge >= 0.3 is 12.2 Å². The number of carbonyl (C=O) groups excluding carboxylic acids is 2. The molecule has 13 heteroatoms. The van der Waals surface area contributed by atoms with Crippen LogP contribution in [0, 0.1) is 0 Å². The number of alkyl carbamates (subject to hydrolysis) is 2. The minimum atomic E-state index is -1.47. The van der Waals surface area contributed by atoms with E-state index in [9.17, 15) is 24.9 Å². The SMILES string of the molecule is C/C=C/[C@@H](C[C@@H]1O[C@@](C[C@H](C)O)(OC)C[C@@H]2OC(=O)N[C@H]21)OC1OC(C)C(O)C(NC(=O)OCC2c3ccccc3-c3ccccc32)C1O. The topological polar surface area (TPSA) is 174 Å². The first-order valence-electron chi connectivity index (χ1n) is 16.8. The average molecular weight is 683 g/mol. The van der Waals surface area contributed by atoms with Crippen LogP contribution in [0.4, 0.5) is 9.59 Å². The predicted molar refractivity (Wildman–Crippen MR) is 175 cm³/mol. The van der Waals surface area contributed by atoms with Crippen molar-refractivity contribution in [2.45, 2.75) is 113 Å². The van der Waals surface area contributed by atoms with Crippen molar-refractivity contribution >= 4 is 12.2 Å². The van der Waals surface area contributed by atoms with Crippen molar-refractivity contribution < 1.29 is 53.3 Å². The second-order valence-corrected chi connectivity index (χ2v) is 13.3. The van der Waals surface area contributed by atoms with E-state index < -0.39 is 79.1 Å². The summed E-state index contributed by atoms with van der Waals surface area (Å²) in [6, 6.07) is 14.3. The third-order valence-corrected chi connectivity index (χ3v) is 9.85. The van der Waals surface area contributed by atoms with Gasteiger partial charge in [0.15, 0.2) is 12.1 Å². The van der Waals surface area contributed by atoms with Crippen LogP contribution >= 0.6 is 0 Å². The number of carbonyl (C=O) groups is 2. The summed E-state index contributed by atoms with van der Waals surface area (Å²) in [4.78, 5) is 25.4. The Kier molecular flexibility index (Phi) is 10.6. The molecular formula is C36H46N2O11. The molecule has 3 aliphatic heterocycles. The van der Waals surface area contributed by atoms with Gasteiger partial charge in [-0.25, -0.2) is 9.59 Å². The fourth-order valence-corrected chi connectivity index (χ4v) is 7.56. The van der Waals surface area contributed by atoms with Crippen molar-refractivity contribution in [3.05, 3.63) is 71.8 Å². The number of hydrogen-bond donors (Lipinski definition) is 5. The highest BCUT2D eigenvalue weighted by Gasteiger charge is 2.54. The van der Waals surface area contributed by atoms with Gasteiger partial charge in [-0.05, 0) is 43.0 Å². The lowest BCUT2D eigenvalue weighted by Crippen LogP contribution is -2.64. The van der Waals surface area contributed by atoms with Gasteiger partial charge in [0.1, 0.15) is 24.9 Å². The molecule has 0 radical (unpaired) electrons. The molecule has 0 saturated carbocycles. The van der Waals surface area contributed by atoms with Crippen molar-refractivity contribution in [1.82, 2.24) is 10.6 Å².